The first-order valence-electron chi connectivity index (χ1n) is 9.66. The fourth-order valence-electron chi connectivity index (χ4n) is 3.71. The molecule has 1 aliphatic rings. The Labute approximate surface area is 171 Å². The van der Waals surface area contributed by atoms with Gasteiger partial charge in [0.2, 0.25) is 5.43 Å². The molecular weight excluding hydrogens is 389 g/mol. The summed E-state index contributed by atoms with van der Waals surface area (Å²) in [5, 5.41) is 2.96. The van der Waals surface area contributed by atoms with Crippen LogP contribution in [-0.4, -0.2) is 28.6 Å². The van der Waals surface area contributed by atoms with Crippen LogP contribution in [0.4, 0.5) is 15.8 Å². The summed E-state index contributed by atoms with van der Waals surface area (Å²) >= 11 is 0. The van der Waals surface area contributed by atoms with Crippen molar-refractivity contribution < 1.29 is 13.9 Å². The lowest BCUT2D eigenvalue weighted by Crippen LogP contribution is -2.30. The molecule has 0 spiro atoms. The molecule has 0 bridgehead atoms. The van der Waals surface area contributed by atoms with Crippen molar-refractivity contribution in [1.29, 1.82) is 0 Å². The fourth-order valence-corrected chi connectivity index (χ4v) is 3.71. The van der Waals surface area contributed by atoms with Crippen LogP contribution in [0.1, 0.15) is 35.4 Å². The number of carbonyl (C=O) groups excluding carboxylic acids is 1. The molecule has 8 nitrogen and oxygen atoms in total. The van der Waals surface area contributed by atoms with Crippen molar-refractivity contribution in [3.63, 3.8) is 0 Å². The zero-order valence-electron chi connectivity index (χ0n) is 16.4. The van der Waals surface area contributed by atoms with Gasteiger partial charge in [0.1, 0.15) is 17.9 Å². The van der Waals surface area contributed by atoms with Crippen molar-refractivity contribution in [2.45, 2.75) is 25.8 Å². The highest BCUT2D eigenvalue weighted by Crippen LogP contribution is 2.43. The van der Waals surface area contributed by atoms with Gasteiger partial charge < -0.3 is 26.1 Å². The van der Waals surface area contributed by atoms with Crippen molar-refractivity contribution in [3.8, 4) is 5.75 Å². The lowest BCUT2D eigenvalue weighted by atomic mass is 10.0. The molecule has 9 heteroatoms. The third-order valence-corrected chi connectivity index (χ3v) is 5.25. The number of nitrogen functional groups attached to an aromatic ring is 1. The maximum absolute atomic E-state index is 15.2. The summed E-state index contributed by atoms with van der Waals surface area (Å²) in [6.07, 6.45) is 4.55. The van der Waals surface area contributed by atoms with E-state index in [1.165, 1.54) is 6.20 Å². The highest BCUT2D eigenvalue weighted by atomic mass is 19.1. The Morgan fingerprint density at radius 1 is 1.43 bits per heavy atom. The Morgan fingerprint density at radius 3 is 2.93 bits per heavy atom. The zero-order valence-corrected chi connectivity index (χ0v) is 16.4. The first-order valence-corrected chi connectivity index (χ1v) is 9.66. The minimum absolute atomic E-state index is 0.0932. The number of nitrogens with two attached hydrogens (primary N) is 2. The average molecular weight is 411 g/mol. The summed E-state index contributed by atoms with van der Waals surface area (Å²) in [4.78, 5) is 28.8. The number of hydrogen-bond acceptors (Lipinski definition) is 6. The second-order valence-electron chi connectivity index (χ2n) is 7.31. The van der Waals surface area contributed by atoms with Gasteiger partial charge in [0.25, 0.3) is 5.91 Å². The molecular formula is C21H22FN5O3. The molecule has 1 atom stereocenters. The highest BCUT2D eigenvalue weighted by Gasteiger charge is 2.30. The smallest absolute Gasteiger partial charge is 0.254 e. The summed E-state index contributed by atoms with van der Waals surface area (Å²) in [5.41, 5.74) is 11.5. The summed E-state index contributed by atoms with van der Waals surface area (Å²) in [6.45, 7) is 2.56. The summed E-state index contributed by atoms with van der Waals surface area (Å²) in [7, 11) is 0. The van der Waals surface area contributed by atoms with Crippen molar-refractivity contribution in [2.75, 3.05) is 24.2 Å². The number of hydrogen-bond donors (Lipinski definition) is 3. The number of aryl methyl sites for hydroxylation is 1. The molecule has 0 unspecified atom stereocenters. The maximum Gasteiger partial charge on any atom is 0.254 e. The number of pyridine rings is 2. The Balaban J connectivity index is 1.75. The largest absolute Gasteiger partial charge is 0.487 e. The lowest BCUT2D eigenvalue weighted by Gasteiger charge is -2.29. The Hall–Kier alpha value is -3.62. The van der Waals surface area contributed by atoms with E-state index in [0.717, 1.165) is 12.1 Å². The fraction of sp³-hybridized carbons (Fsp3) is 0.286. The minimum atomic E-state index is -0.887. The molecule has 0 radical (unpaired) electrons. The van der Waals surface area contributed by atoms with Gasteiger partial charge in [-0.25, -0.2) is 4.39 Å². The molecule has 2 aromatic heterocycles. The summed E-state index contributed by atoms with van der Waals surface area (Å²) in [6, 6.07) is 5.50. The first kappa shape index (κ1) is 19.7. The van der Waals surface area contributed by atoms with Crippen LogP contribution in [0.25, 0.3) is 10.9 Å². The van der Waals surface area contributed by atoms with Gasteiger partial charge in [-0.2, -0.15) is 0 Å². The normalized spacial score (nSPS) is 15.1. The quantitative estimate of drug-likeness (QED) is 0.422. The number of primary amides is 1. The van der Waals surface area contributed by atoms with Gasteiger partial charge in [0.15, 0.2) is 11.6 Å². The molecule has 0 saturated carbocycles. The van der Waals surface area contributed by atoms with E-state index in [-0.39, 0.29) is 40.7 Å². The van der Waals surface area contributed by atoms with E-state index in [4.69, 9.17) is 16.2 Å². The second kappa shape index (κ2) is 7.66. The van der Waals surface area contributed by atoms with Crippen LogP contribution in [0.15, 0.2) is 35.4 Å². The number of anilines is 2. The summed E-state index contributed by atoms with van der Waals surface area (Å²) in [5.74, 6) is -1.46. The predicted octanol–water partition coefficient (Wildman–Crippen LogP) is 2.21. The van der Waals surface area contributed by atoms with E-state index in [2.05, 4.69) is 10.3 Å². The summed E-state index contributed by atoms with van der Waals surface area (Å²) < 4.78 is 22.6. The molecule has 156 valence electrons. The number of benzene rings is 1. The minimum Gasteiger partial charge on any atom is -0.487 e. The second-order valence-corrected chi connectivity index (χ2v) is 7.31. The van der Waals surface area contributed by atoms with E-state index in [1.807, 2.05) is 25.1 Å². The third-order valence-electron chi connectivity index (χ3n) is 5.25. The Morgan fingerprint density at radius 2 is 2.23 bits per heavy atom. The number of ether oxygens (including phenoxy) is 1. The molecule has 3 heterocycles. The predicted molar refractivity (Wildman–Crippen MR) is 112 cm³/mol. The first-order chi connectivity index (χ1) is 14.4. The van der Waals surface area contributed by atoms with Gasteiger partial charge in [-0.15, -0.1) is 0 Å². The van der Waals surface area contributed by atoms with Crippen molar-refractivity contribution >= 4 is 28.2 Å². The average Bonchev–Trinajstić information content (AvgIpc) is 2.73. The Kier molecular flexibility index (Phi) is 5.03. The number of amides is 1. The van der Waals surface area contributed by atoms with Crippen molar-refractivity contribution in [2.24, 2.45) is 5.73 Å². The van der Waals surface area contributed by atoms with Gasteiger partial charge >= 0.3 is 0 Å². The molecule has 1 aliphatic heterocycles. The third kappa shape index (κ3) is 3.22. The van der Waals surface area contributed by atoms with Crippen LogP contribution in [0.3, 0.4) is 0 Å². The molecule has 1 aromatic carbocycles. The van der Waals surface area contributed by atoms with Gasteiger partial charge in [-0.05, 0) is 31.9 Å². The van der Waals surface area contributed by atoms with Gasteiger partial charge in [-0.3, -0.25) is 14.6 Å². The highest BCUT2D eigenvalue weighted by molar-refractivity contribution is 6.04. The van der Waals surface area contributed by atoms with E-state index in [1.54, 1.807) is 10.8 Å². The standard InChI is InChI=1S/C21H22FN5O3/c1-11-10-30-20-17(26-8-4-6-12-5-2-3-7-25-12)15(22)16(23)14-18(20)27(11)9-13(19(14)28)21(24)29/h2-3,5,7,9,11,26H,4,6,8,10,23H2,1H3,(H2,24,29)/t11-/m0/s1. The molecule has 0 fully saturated rings. The topological polar surface area (TPSA) is 125 Å². The van der Waals surface area contributed by atoms with Crippen molar-refractivity contribution in [1.82, 2.24) is 9.55 Å². The molecule has 0 aliphatic carbocycles. The molecule has 5 N–H and O–H groups in total. The van der Waals surface area contributed by atoms with E-state index >= 15 is 4.39 Å². The van der Waals surface area contributed by atoms with E-state index < -0.39 is 17.2 Å². The van der Waals surface area contributed by atoms with Gasteiger partial charge in [0, 0.05) is 24.6 Å². The number of nitrogens with zero attached hydrogens (tertiary/aromatic N) is 2. The van der Waals surface area contributed by atoms with Crippen LogP contribution >= 0.6 is 0 Å². The number of rotatable bonds is 6. The zero-order chi connectivity index (χ0) is 21.4. The number of nitrogens with one attached hydrogen (secondary N) is 1. The Bertz CT molecular complexity index is 1190. The SMILES string of the molecule is C[C@H]1COc2c(NCCCc3ccccn3)c(F)c(N)c3c(=O)c(C(N)=O)cn1c23. The number of aromatic nitrogens is 2. The van der Waals surface area contributed by atoms with Crippen LogP contribution in [0, 0.1) is 5.82 Å². The van der Waals surface area contributed by atoms with Crippen LogP contribution < -0.4 is 26.9 Å². The maximum atomic E-state index is 15.2. The van der Waals surface area contributed by atoms with Crippen LogP contribution in [-0.2, 0) is 6.42 Å². The van der Waals surface area contributed by atoms with Crippen LogP contribution in [0.5, 0.6) is 5.75 Å². The molecule has 0 saturated heterocycles. The van der Waals surface area contributed by atoms with Gasteiger partial charge in [-0.1, -0.05) is 6.07 Å². The molecule has 1 amide bonds. The number of carbonyl (C=O) groups is 1. The molecule has 3 aromatic rings. The van der Waals surface area contributed by atoms with E-state index in [9.17, 15) is 9.59 Å². The van der Waals surface area contributed by atoms with Crippen molar-refractivity contribution in [3.05, 3.63) is 57.9 Å². The van der Waals surface area contributed by atoms with E-state index in [0.29, 0.717) is 18.5 Å². The van der Waals surface area contributed by atoms with Gasteiger partial charge in [0.05, 0.1) is 22.6 Å². The number of halogens is 1. The molecule has 30 heavy (non-hydrogen) atoms. The van der Waals surface area contributed by atoms with Crippen LogP contribution in [0.2, 0.25) is 0 Å². The molecule has 4 rings (SSSR count). The lowest BCUT2D eigenvalue weighted by molar-refractivity contribution is 0.0998. The monoisotopic (exact) mass is 411 g/mol.